The largest absolute Gasteiger partial charge is 0.305 e. The number of fused-ring (bicyclic) bond motifs is 1. The molecule has 9 heteroatoms. The molecule has 0 aliphatic carbocycles. The number of sulfonamides is 1. The van der Waals surface area contributed by atoms with Gasteiger partial charge in [0, 0.05) is 11.3 Å². The molecule has 0 saturated heterocycles. The van der Waals surface area contributed by atoms with Crippen molar-refractivity contribution >= 4 is 43.2 Å². The van der Waals surface area contributed by atoms with Gasteiger partial charge in [0.25, 0.3) is 15.9 Å². The molecule has 1 N–H and O–H groups in total. The molecule has 1 aromatic heterocycles. The third kappa shape index (κ3) is 5.34. The highest BCUT2D eigenvalue weighted by molar-refractivity contribution is 7.92. The molecule has 35 heavy (non-hydrogen) atoms. The lowest BCUT2D eigenvalue weighted by atomic mass is 10.0. The SMILES string of the molecule is C#CCn1c(=NC(=O)c2cccc(NS(=O)(=O)c3ccc(F)cc3)c2)sc2cc(C(C)C)ccc21. The second kappa shape index (κ2) is 9.86. The summed E-state index contributed by atoms with van der Waals surface area (Å²) in [5.41, 5.74) is 2.46. The molecule has 0 aliphatic rings. The second-order valence-corrected chi connectivity index (χ2v) is 10.8. The van der Waals surface area contributed by atoms with Crippen LogP contribution in [0.15, 0.2) is 76.6 Å². The molecule has 0 bridgehead atoms. The maximum absolute atomic E-state index is 13.1. The minimum absolute atomic E-state index is 0.0957. The fourth-order valence-corrected chi connectivity index (χ4v) is 5.60. The zero-order valence-electron chi connectivity index (χ0n) is 19.0. The number of rotatable bonds is 6. The van der Waals surface area contributed by atoms with Crippen molar-refractivity contribution in [3.05, 3.63) is 88.5 Å². The van der Waals surface area contributed by atoms with Gasteiger partial charge in [-0.1, -0.05) is 43.2 Å². The number of hydrogen-bond acceptors (Lipinski definition) is 4. The zero-order chi connectivity index (χ0) is 25.2. The van der Waals surface area contributed by atoms with Gasteiger partial charge in [0.1, 0.15) is 5.82 Å². The summed E-state index contributed by atoms with van der Waals surface area (Å²) in [5.74, 6) is 1.88. The summed E-state index contributed by atoms with van der Waals surface area (Å²) in [7, 11) is -3.96. The summed E-state index contributed by atoms with van der Waals surface area (Å²) in [6.45, 7) is 4.47. The minimum atomic E-state index is -3.96. The van der Waals surface area contributed by atoms with Gasteiger partial charge < -0.3 is 4.57 Å². The van der Waals surface area contributed by atoms with E-state index in [1.54, 1.807) is 12.1 Å². The Kier molecular flexibility index (Phi) is 6.87. The molecule has 4 aromatic rings. The van der Waals surface area contributed by atoms with Crippen molar-refractivity contribution in [2.45, 2.75) is 31.2 Å². The maximum atomic E-state index is 13.1. The number of nitrogens with one attached hydrogen (secondary N) is 1. The lowest BCUT2D eigenvalue weighted by Crippen LogP contribution is -2.17. The summed E-state index contributed by atoms with van der Waals surface area (Å²) in [6, 6.07) is 16.6. The third-order valence-corrected chi connectivity index (χ3v) is 7.74. The molecule has 0 saturated carbocycles. The van der Waals surface area contributed by atoms with Gasteiger partial charge in [-0.15, -0.1) is 6.42 Å². The first-order valence-electron chi connectivity index (χ1n) is 10.7. The Morgan fingerprint density at radius 2 is 1.89 bits per heavy atom. The molecular formula is C26H22FN3O3S2. The second-order valence-electron chi connectivity index (χ2n) is 8.11. The minimum Gasteiger partial charge on any atom is -0.305 e. The van der Waals surface area contributed by atoms with E-state index in [0.29, 0.717) is 10.7 Å². The maximum Gasteiger partial charge on any atom is 0.279 e. The van der Waals surface area contributed by atoms with E-state index in [-0.39, 0.29) is 22.7 Å². The van der Waals surface area contributed by atoms with E-state index in [2.05, 4.69) is 35.5 Å². The lowest BCUT2D eigenvalue weighted by Gasteiger charge is -2.09. The van der Waals surface area contributed by atoms with E-state index in [1.165, 1.54) is 41.2 Å². The van der Waals surface area contributed by atoms with E-state index in [0.717, 1.165) is 22.3 Å². The Labute approximate surface area is 206 Å². The molecule has 0 fully saturated rings. The Morgan fingerprint density at radius 3 is 2.57 bits per heavy atom. The van der Waals surface area contributed by atoms with Crippen molar-refractivity contribution in [3.8, 4) is 12.3 Å². The Balaban J connectivity index is 1.68. The Bertz CT molecular complexity index is 1630. The van der Waals surface area contributed by atoms with Gasteiger partial charge in [-0.05, 0) is 66.1 Å². The summed E-state index contributed by atoms with van der Waals surface area (Å²) < 4.78 is 43.6. The molecular weight excluding hydrogens is 485 g/mol. The van der Waals surface area contributed by atoms with Gasteiger partial charge in [0.2, 0.25) is 0 Å². The van der Waals surface area contributed by atoms with Crippen LogP contribution < -0.4 is 9.52 Å². The summed E-state index contributed by atoms with van der Waals surface area (Å²) in [4.78, 5) is 17.7. The first-order valence-corrected chi connectivity index (χ1v) is 13.0. The highest BCUT2D eigenvalue weighted by Crippen LogP contribution is 2.24. The van der Waals surface area contributed by atoms with Crippen LogP contribution in [-0.2, 0) is 16.6 Å². The van der Waals surface area contributed by atoms with Gasteiger partial charge in [-0.2, -0.15) is 4.99 Å². The van der Waals surface area contributed by atoms with Crippen molar-refractivity contribution < 1.29 is 17.6 Å². The van der Waals surface area contributed by atoms with Crippen LogP contribution in [0, 0.1) is 18.2 Å². The number of halogens is 1. The fourth-order valence-electron chi connectivity index (χ4n) is 3.47. The number of carbonyl (C=O) groups excluding carboxylic acids is 1. The van der Waals surface area contributed by atoms with Crippen LogP contribution in [0.5, 0.6) is 0 Å². The molecule has 0 radical (unpaired) electrons. The van der Waals surface area contributed by atoms with Crippen molar-refractivity contribution in [2.24, 2.45) is 4.99 Å². The van der Waals surface area contributed by atoms with Crippen molar-refractivity contribution in [3.63, 3.8) is 0 Å². The predicted octanol–water partition coefficient (Wildman–Crippen LogP) is 5.14. The van der Waals surface area contributed by atoms with Crippen LogP contribution in [0.2, 0.25) is 0 Å². The van der Waals surface area contributed by atoms with Crippen molar-refractivity contribution in [1.82, 2.24) is 4.57 Å². The number of terminal acetylenes is 1. The van der Waals surface area contributed by atoms with Crippen LogP contribution in [0.1, 0.15) is 35.7 Å². The zero-order valence-corrected chi connectivity index (χ0v) is 20.7. The highest BCUT2D eigenvalue weighted by Gasteiger charge is 2.16. The summed E-state index contributed by atoms with van der Waals surface area (Å²) in [5, 5.41) is 0. The average Bonchev–Trinajstić information content (AvgIpc) is 3.15. The molecule has 178 valence electrons. The van der Waals surface area contributed by atoms with Gasteiger partial charge in [0.15, 0.2) is 4.80 Å². The molecule has 0 spiro atoms. The average molecular weight is 508 g/mol. The normalized spacial score (nSPS) is 12.1. The highest BCUT2D eigenvalue weighted by atomic mass is 32.2. The number of anilines is 1. The third-order valence-electron chi connectivity index (χ3n) is 5.31. The molecule has 6 nitrogen and oxygen atoms in total. The van der Waals surface area contributed by atoms with Gasteiger partial charge >= 0.3 is 0 Å². The fraction of sp³-hybridized carbons (Fsp3) is 0.154. The van der Waals surface area contributed by atoms with Crippen LogP contribution in [0.3, 0.4) is 0 Å². The van der Waals surface area contributed by atoms with Crippen LogP contribution >= 0.6 is 11.3 Å². The molecule has 0 atom stereocenters. The number of aromatic nitrogens is 1. The summed E-state index contributed by atoms with van der Waals surface area (Å²) >= 11 is 1.37. The van der Waals surface area contributed by atoms with Crippen LogP contribution in [0.25, 0.3) is 10.2 Å². The molecule has 3 aromatic carbocycles. The number of hydrogen-bond donors (Lipinski definition) is 1. The molecule has 1 heterocycles. The van der Waals surface area contributed by atoms with E-state index in [9.17, 15) is 17.6 Å². The lowest BCUT2D eigenvalue weighted by molar-refractivity contribution is 0.0998. The monoisotopic (exact) mass is 507 g/mol. The van der Waals surface area contributed by atoms with Crippen molar-refractivity contribution in [2.75, 3.05) is 4.72 Å². The van der Waals surface area contributed by atoms with Gasteiger partial charge in [-0.25, -0.2) is 12.8 Å². The van der Waals surface area contributed by atoms with Crippen LogP contribution in [0.4, 0.5) is 10.1 Å². The summed E-state index contributed by atoms with van der Waals surface area (Å²) in [6.07, 6.45) is 5.56. The van der Waals surface area contributed by atoms with E-state index in [4.69, 9.17) is 6.42 Å². The number of thiazole rings is 1. The smallest absolute Gasteiger partial charge is 0.279 e. The first-order chi connectivity index (χ1) is 16.7. The molecule has 1 amide bonds. The van der Waals surface area contributed by atoms with Gasteiger partial charge in [0.05, 0.1) is 21.7 Å². The van der Waals surface area contributed by atoms with Gasteiger partial charge in [-0.3, -0.25) is 9.52 Å². The number of nitrogens with zero attached hydrogens (tertiary/aromatic N) is 2. The molecule has 0 aliphatic heterocycles. The molecule has 4 rings (SSSR count). The molecule has 0 unspecified atom stereocenters. The Morgan fingerprint density at radius 1 is 1.14 bits per heavy atom. The van der Waals surface area contributed by atoms with E-state index < -0.39 is 21.7 Å². The van der Waals surface area contributed by atoms with Crippen LogP contribution in [-0.4, -0.2) is 18.9 Å². The first kappa shape index (κ1) is 24.4. The quantitative estimate of drug-likeness (QED) is 0.367. The number of amides is 1. The topological polar surface area (TPSA) is 80.5 Å². The van der Waals surface area contributed by atoms with E-state index in [1.807, 2.05) is 16.7 Å². The predicted molar refractivity (Wildman–Crippen MR) is 136 cm³/mol. The van der Waals surface area contributed by atoms with E-state index >= 15 is 0 Å². The number of carbonyl (C=O) groups is 1. The number of benzene rings is 3. The standard InChI is InChI=1S/C26H22FN3O3S2/c1-4-14-30-23-13-8-18(17(2)3)16-24(23)34-26(30)28-25(31)19-6-5-7-21(15-19)29-35(32,33)22-11-9-20(27)10-12-22/h1,5-13,15-17,29H,14H2,2-3H3. The van der Waals surface area contributed by atoms with Crippen molar-refractivity contribution in [1.29, 1.82) is 0 Å². The Hall–Kier alpha value is -3.74.